The number of amides is 1. The Bertz CT molecular complexity index is 523. The number of fused-ring (bicyclic) bond motifs is 4. The molecule has 0 spiro atoms. The number of benzene rings is 1. The molecule has 0 N–H and O–H groups in total. The van der Waals surface area contributed by atoms with Crippen LogP contribution in [0.5, 0.6) is 0 Å². The highest BCUT2D eigenvalue weighted by atomic mass is 16.2. The van der Waals surface area contributed by atoms with Gasteiger partial charge in [0.1, 0.15) is 0 Å². The van der Waals surface area contributed by atoms with Crippen LogP contribution in [0.3, 0.4) is 0 Å². The lowest BCUT2D eigenvalue weighted by Gasteiger charge is -2.32. The van der Waals surface area contributed by atoms with Crippen LogP contribution >= 0.6 is 0 Å². The van der Waals surface area contributed by atoms with Gasteiger partial charge in [-0.15, -0.1) is 0 Å². The average Bonchev–Trinajstić information content (AvgIpc) is 2.78. The molecule has 1 amide bonds. The molecule has 1 aromatic rings. The van der Waals surface area contributed by atoms with Crippen molar-refractivity contribution in [2.24, 2.45) is 11.8 Å². The molecule has 0 saturated carbocycles. The lowest BCUT2D eigenvalue weighted by Crippen LogP contribution is -2.41. The second kappa shape index (κ2) is 6.41. The molecule has 2 bridgehead atoms. The van der Waals surface area contributed by atoms with Gasteiger partial charge in [0.2, 0.25) is 0 Å². The van der Waals surface area contributed by atoms with Gasteiger partial charge in [-0.05, 0) is 55.8 Å². The number of hydrogen-bond acceptors (Lipinski definition) is 2. The monoisotopic (exact) mass is 300 g/mol. The highest BCUT2D eigenvalue weighted by Gasteiger charge is 2.34. The first-order valence-electron chi connectivity index (χ1n) is 8.61. The second-order valence-corrected chi connectivity index (χ2v) is 7.54. The summed E-state index contributed by atoms with van der Waals surface area (Å²) < 4.78 is 0. The Kier molecular flexibility index (Phi) is 4.53. The number of hydrogen-bond donors (Lipinski definition) is 0. The van der Waals surface area contributed by atoms with Crippen LogP contribution in [0.1, 0.15) is 42.6 Å². The third-order valence-electron chi connectivity index (χ3n) is 5.12. The van der Waals surface area contributed by atoms with Crippen LogP contribution < -0.4 is 0 Å². The number of carbonyl (C=O) groups excluding carboxylic acids is 1. The summed E-state index contributed by atoms with van der Waals surface area (Å²) in [6.07, 6.45) is 3.58. The largest absolute Gasteiger partial charge is 0.337 e. The summed E-state index contributed by atoms with van der Waals surface area (Å²) in [6.45, 7) is 7.40. The summed E-state index contributed by atoms with van der Waals surface area (Å²) in [7, 11) is 2.20. The summed E-state index contributed by atoms with van der Waals surface area (Å²) in [5, 5.41) is 0. The third-order valence-corrected chi connectivity index (χ3v) is 5.12. The van der Waals surface area contributed by atoms with Crippen molar-refractivity contribution in [1.29, 1.82) is 0 Å². The Morgan fingerprint density at radius 3 is 2.50 bits per heavy atom. The molecule has 2 atom stereocenters. The molecule has 3 aliphatic rings. The molecule has 3 nitrogen and oxygen atoms in total. The first kappa shape index (κ1) is 15.5. The average molecular weight is 300 g/mol. The minimum atomic E-state index is 0.211. The maximum absolute atomic E-state index is 12.8. The van der Waals surface area contributed by atoms with Gasteiger partial charge in [-0.25, -0.2) is 0 Å². The van der Waals surface area contributed by atoms with Gasteiger partial charge in [0, 0.05) is 31.2 Å². The van der Waals surface area contributed by atoms with Crippen LogP contribution in [-0.4, -0.2) is 48.4 Å². The molecule has 4 rings (SSSR count). The number of rotatable bonds is 3. The standard InChI is InChI=1S/C19H28N2O/c1-14(2)10-15-4-7-17(8-5-15)19(22)21-12-16-6-9-18(13-21)20(3)11-16/h4-5,7-8,14,16,18H,6,9-13H2,1-3H3. The maximum Gasteiger partial charge on any atom is 0.253 e. The van der Waals surface area contributed by atoms with E-state index in [2.05, 4.69) is 42.8 Å². The van der Waals surface area contributed by atoms with E-state index in [0.29, 0.717) is 17.9 Å². The van der Waals surface area contributed by atoms with E-state index in [-0.39, 0.29) is 5.91 Å². The van der Waals surface area contributed by atoms with Gasteiger partial charge in [0.05, 0.1) is 0 Å². The van der Waals surface area contributed by atoms with E-state index in [1.165, 1.54) is 18.4 Å². The van der Waals surface area contributed by atoms with E-state index < -0.39 is 0 Å². The summed E-state index contributed by atoms with van der Waals surface area (Å²) in [6, 6.07) is 8.80. The first-order valence-corrected chi connectivity index (χ1v) is 8.61. The summed E-state index contributed by atoms with van der Waals surface area (Å²) in [5.41, 5.74) is 2.17. The van der Waals surface area contributed by atoms with Crippen LogP contribution in [0.4, 0.5) is 0 Å². The summed E-state index contributed by atoms with van der Waals surface area (Å²) in [5.74, 6) is 1.51. The van der Waals surface area contributed by atoms with Crippen LogP contribution in [0.2, 0.25) is 0 Å². The molecule has 2 unspecified atom stereocenters. The number of likely N-dealkylation sites (N-methyl/N-ethyl adjacent to an activating group) is 1. The van der Waals surface area contributed by atoms with Gasteiger partial charge in [0.25, 0.3) is 5.91 Å². The summed E-state index contributed by atoms with van der Waals surface area (Å²) in [4.78, 5) is 17.3. The molecule has 0 radical (unpaired) electrons. The minimum absolute atomic E-state index is 0.211. The van der Waals surface area contributed by atoms with Crippen molar-refractivity contribution in [2.45, 2.75) is 39.2 Å². The molecule has 120 valence electrons. The third kappa shape index (κ3) is 3.35. The predicted octanol–water partition coefficient (Wildman–Crippen LogP) is 3.05. The zero-order chi connectivity index (χ0) is 15.7. The van der Waals surface area contributed by atoms with E-state index in [1.54, 1.807) is 0 Å². The Morgan fingerprint density at radius 2 is 1.86 bits per heavy atom. The van der Waals surface area contributed by atoms with Crippen molar-refractivity contribution in [3.05, 3.63) is 35.4 Å². The van der Waals surface area contributed by atoms with Crippen molar-refractivity contribution in [2.75, 3.05) is 26.7 Å². The van der Waals surface area contributed by atoms with Crippen molar-refractivity contribution in [1.82, 2.24) is 9.80 Å². The van der Waals surface area contributed by atoms with Gasteiger partial charge in [-0.3, -0.25) is 4.79 Å². The van der Waals surface area contributed by atoms with Crippen molar-refractivity contribution >= 4 is 5.91 Å². The van der Waals surface area contributed by atoms with Crippen molar-refractivity contribution in [3.8, 4) is 0 Å². The second-order valence-electron chi connectivity index (χ2n) is 7.54. The molecule has 3 heteroatoms. The van der Waals surface area contributed by atoms with Gasteiger partial charge < -0.3 is 9.80 Å². The Balaban J connectivity index is 1.71. The van der Waals surface area contributed by atoms with E-state index in [4.69, 9.17) is 0 Å². The first-order chi connectivity index (χ1) is 10.5. The molecule has 3 aliphatic heterocycles. The predicted molar refractivity (Wildman–Crippen MR) is 90.0 cm³/mol. The van der Waals surface area contributed by atoms with Crippen LogP contribution in [0, 0.1) is 11.8 Å². The molecule has 3 heterocycles. The fourth-order valence-corrected chi connectivity index (χ4v) is 3.92. The van der Waals surface area contributed by atoms with Gasteiger partial charge in [-0.2, -0.15) is 0 Å². The van der Waals surface area contributed by atoms with Gasteiger partial charge in [0.15, 0.2) is 0 Å². The van der Waals surface area contributed by atoms with E-state index >= 15 is 0 Å². The fraction of sp³-hybridized carbons (Fsp3) is 0.632. The zero-order valence-corrected chi connectivity index (χ0v) is 14.1. The molecule has 0 aromatic heterocycles. The Labute approximate surface area is 134 Å². The van der Waals surface area contributed by atoms with Gasteiger partial charge in [-0.1, -0.05) is 26.0 Å². The SMILES string of the molecule is CC(C)Cc1ccc(C(=O)N2CC3CCC(C2)N(C)C3)cc1. The van der Waals surface area contributed by atoms with E-state index in [9.17, 15) is 4.79 Å². The molecular weight excluding hydrogens is 272 g/mol. The highest BCUT2D eigenvalue weighted by molar-refractivity contribution is 5.94. The van der Waals surface area contributed by atoms with Crippen LogP contribution in [0.15, 0.2) is 24.3 Å². The smallest absolute Gasteiger partial charge is 0.253 e. The topological polar surface area (TPSA) is 23.6 Å². The zero-order valence-electron chi connectivity index (χ0n) is 14.1. The van der Waals surface area contributed by atoms with Crippen molar-refractivity contribution in [3.63, 3.8) is 0 Å². The van der Waals surface area contributed by atoms with E-state index in [1.807, 2.05) is 12.1 Å². The van der Waals surface area contributed by atoms with Crippen LogP contribution in [0.25, 0.3) is 0 Å². The minimum Gasteiger partial charge on any atom is -0.337 e. The molecule has 22 heavy (non-hydrogen) atoms. The normalized spacial score (nSPS) is 25.5. The summed E-state index contributed by atoms with van der Waals surface area (Å²) >= 11 is 0. The Hall–Kier alpha value is -1.35. The number of piperidine rings is 1. The molecule has 3 saturated heterocycles. The lowest BCUT2D eigenvalue weighted by molar-refractivity contribution is 0.0742. The quantitative estimate of drug-likeness (QED) is 0.856. The molecule has 0 aliphatic carbocycles. The van der Waals surface area contributed by atoms with E-state index in [0.717, 1.165) is 31.6 Å². The number of carbonyl (C=O) groups is 1. The highest BCUT2D eigenvalue weighted by Crippen LogP contribution is 2.27. The van der Waals surface area contributed by atoms with Crippen LogP contribution in [-0.2, 0) is 6.42 Å². The van der Waals surface area contributed by atoms with Crippen molar-refractivity contribution < 1.29 is 4.79 Å². The molecule has 1 aromatic carbocycles. The van der Waals surface area contributed by atoms with Gasteiger partial charge >= 0.3 is 0 Å². The Morgan fingerprint density at radius 1 is 1.14 bits per heavy atom. The molecular formula is C19H28N2O. The molecule has 3 fully saturated rings. The number of nitrogens with zero attached hydrogens (tertiary/aromatic N) is 2. The fourth-order valence-electron chi connectivity index (χ4n) is 3.92. The maximum atomic E-state index is 12.8. The lowest BCUT2D eigenvalue weighted by atomic mass is 9.96.